The number of amides is 2. The number of halogens is 1. The predicted octanol–water partition coefficient (Wildman–Crippen LogP) is 1.65. The van der Waals surface area contributed by atoms with Gasteiger partial charge in [-0.1, -0.05) is 0 Å². The second-order valence-electron chi connectivity index (χ2n) is 4.46. The molecule has 0 spiro atoms. The van der Waals surface area contributed by atoms with Crippen LogP contribution in [-0.4, -0.2) is 28.3 Å². The van der Waals surface area contributed by atoms with Crippen molar-refractivity contribution in [2.24, 2.45) is 0 Å². The van der Waals surface area contributed by atoms with Gasteiger partial charge in [0, 0.05) is 12.2 Å². The van der Waals surface area contributed by atoms with Gasteiger partial charge in [0.1, 0.15) is 0 Å². The van der Waals surface area contributed by atoms with Gasteiger partial charge in [0.05, 0.1) is 18.0 Å². The first-order chi connectivity index (χ1) is 8.65. The van der Waals surface area contributed by atoms with Crippen molar-refractivity contribution in [3.63, 3.8) is 0 Å². The number of hydrogen-bond donors (Lipinski definition) is 3. The van der Waals surface area contributed by atoms with E-state index in [1.807, 2.05) is 0 Å². The number of hydrogen-bond acceptors (Lipinski definition) is 3. The molecule has 0 atom stereocenters. The molecule has 3 N–H and O–H groups in total. The first-order valence-corrected chi connectivity index (χ1v) is 6.00. The third-order valence-electron chi connectivity index (χ3n) is 3.05. The quantitative estimate of drug-likeness (QED) is 0.750. The van der Waals surface area contributed by atoms with Crippen LogP contribution in [0.2, 0.25) is 0 Å². The van der Waals surface area contributed by atoms with Crippen molar-refractivity contribution in [2.75, 3.05) is 5.32 Å². The van der Waals surface area contributed by atoms with Gasteiger partial charge in [0.15, 0.2) is 5.82 Å². The lowest BCUT2D eigenvalue weighted by molar-refractivity contribution is 0.118. The second-order valence-corrected chi connectivity index (χ2v) is 4.46. The number of urea groups is 1. The van der Waals surface area contributed by atoms with Gasteiger partial charge in [0.2, 0.25) is 0 Å². The van der Waals surface area contributed by atoms with Crippen molar-refractivity contribution in [1.82, 2.24) is 10.3 Å². The third kappa shape index (κ3) is 3.40. The zero-order valence-electron chi connectivity index (χ0n) is 9.90. The van der Waals surface area contributed by atoms with Crippen molar-refractivity contribution >= 4 is 11.7 Å². The van der Waals surface area contributed by atoms with Crippen molar-refractivity contribution in [1.29, 1.82) is 0 Å². The Morgan fingerprint density at radius 1 is 1.39 bits per heavy atom. The summed E-state index contributed by atoms with van der Waals surface area (Å²) in [5.74, 6) is -0.563. The van der Waals surface area contributed by atoms with Crippen LogP contribution in [0.1, 0.15) is 25.7 Å². The summed E-state index contributed by atoms with van der Waals surface area (Å²) in [7, 11) is 0. The van der Waals surface area contributed by atoms with E-state index in [1.54, 1.807) is 0 Å². The molecule has 1 heterocycles. The molecule has 2 amide bonds. The largest absolute Gasteiger partial charge is 0.393 e. The van der Waals surface area contributed by atoms with Gasteiger partial charge in [-0.3, -0.25) is 4.98 Å². The lowest BCUT2D eigenvalue weighted by Gasteiger charge is -2.26. The Kier molecular flexibility index (Phi) is 4.09. The summed E-state index contributed by atoms with van der Waals surface area (Å²) in [5, 5.41) is 14.6. The molecule has 6 heteroatoms. The fraction of sp³-hybridized carbons (Fsp3) is 0.500. The van der Waals surface area contributed by atoms with Gasteiger partial charge in [0.25, 0.3) is 0 Å². The number of aromatic nitrogens is 1. The molecule has 0 radical (unpaired) electrons. The average Bonchev–Trinajstić information content (AvgIpc) is 2.35. The number of nitrogens with zero attached hydrogens (tertiary/aromatic N) is 1. The number of nitrogens with one attached hydrogen (secondary N) is 2. The Morgan fingerprint density at radius 2 is 2.11 bits per heavy atom. The minimum Gasteiger partial charge on any atom is -0.393 e. The van der Waals surface area contributed by atoms with Crippen LogP contribution in [0.5, 0.6) is 0 Å². The summed E-state index contributed by atoms with van der Waals surface area (Å²) in [5.41, 5.74) is 0.110. The van der Waals surface area contributed by atoms with Gasteiger partial charge in [-0.15, -0.1) is 0 Å². The van der Waals surface area contributed by atoms with E-state index in [2.05, 4.69) is 15.6 Å². The molecule has 98 valence electrons. The standard InChI is InChI=1S/C12H16FN3O2/c13-10-7-14-6-5-11(10)16-12(18)15-8-1-3-9(17)4-2-8/h5-9,17H,1-4H2,(H2,14,15,16,18). The van der Waals surface area contributed by atoms with E-state index in [9.17, 15) is 14.3 Å². The second kappa shape index (κ2) is 5.77. The molecule has 18 heavy (non-hydrogen) atoms. The molecule has 0 bridgehead atoms. The molecule has 2 rings (SSSR count). The minimum absolute atomic E-state index is 0.0401. The van der Waals surface area contributed by atoms with Crippen LogP contribution in [0.4, 0.5) is 14.9 Å². The molecule has 5 nitrogen and oxygen atoms in total. The molecule has 0 aliphatic heterocycles. The Labute approximate surface area is 104 Å². The Morgan fingerprint density at radius 3 is 2.78 bits per heavy atom. The lowest BCUT2D eigenvalue weighted by atomic mass is 9.93. The Hall–Kier alpha value is -1.69. The number of pyridine rings is 1. The van der Waals surface area contributed by atoms with Crippen molar-refractivity contribution in [3.8, 4) is 0 Å². The van der Waals surface area contributed by atoms with E-state index < -0.39 is 11.8 Å². The number of aliphatic hydroxyl groups excluding tert-OH is 1. The van der Waals surface area contributed by atoms with Crippen LogP contribution in [0, 0.1) is 5.82 Å². The topological polar surface area (TPSA) is 74.2 Å². The Bertz CT molecular complexity index is 420. The van der Waals surface area contributed by atoms with Crippen LogP contribution in [0.3, 0.4) is 0 Å². The minimum atomic E-state index is -0.563. The smallest absolute Gasteiger partial charge is 0.319 e. The van der Waals surface area contributed by atoms with Gasteiger partial charge in [-0.2, -0.15) is 0 Å². The maximum atomic E-state index is 13.2. The first kappa shape index (κ1) is 12.8. The molecule has 0 aromatic carbocycles. The van der Waals surface area contributed by atoms with Gasteiger partial charge in [-0.25, -0.2) is 9.18 Å². The zero-order valence-corrected chi connectivity index (χ0v) is 9.90. The highest BCUT2D eigenvalue weighted by molar-refractivity contribution is 5.89. The highest BCUT2D eigenvalue weighted by Crippen LogP contribution is 2.18. The average molecular weight is 253 g/mol. The van der Waals surface area contributed by atoms with Crippen LogP contribution in [-0.2, 0) is 0 Å². The van der Waals surface area contributed by atoms with Crippen molar-refractivity contribution in [3.05, 3.63) is 24.3 Å². The van der Waals surface area contributed by atoms with Crippen LogP contribution >= 0.6 is 0 Å². The van der Waals surface area contributed by atoms with E-state index in [-0.39, 0.29) is 17.8 Å². The highest BCUT2D eigenvalue weighted by atomic mass is 19.1. The monoisotopic (exact) mass is 253 g/mol. The van der Waals surface area contributed by atoms with Crippen LogP contribution < -0.4 is 10.6 Å². The summed E-state index contributed by atoms with van der Waals surface area (Å²) in [6.45, 7) is 0. The summed E-state index contributed by atoms with van der Waals surface area (Å²) in [6.07, 6.45) is 5.07. The maximum absolute atomic E-state index is 13.2. The number of carbonyl (C=O) groups is 1. The summed E-state index contributed by atoms with van der Waals surface area (Å²) >= 11 is 0. The van der Waals surface area contributed by atoms with Crippen molar-refractivity contribution < 1.29 is 14.3 Å². The molecule has 0 unspecified atom stereocenters. The van der Waals surface area contributed by atoms with Crippen molar-refractivity contribution in [2.45, 2.75) is 37.8 Å². The predicted molar refractivity (Wildman–Crippen MR) is 64.6 cm³/mol. The van der Waals surface area contributed by atoms with E-state index in [0.29, 0.717) is 12.8 Å². The Balaban J connectivity index is 1.84. The van der Waals surface area contributed by atoms with Gasteiger partial charge < -0.3 is 15.7 Å². The lowest BCUT2D eigenvalue weighted by Crippen LogP contribution is -2.41. The summed E-state index contributed by atoms with van der Waals surface area (Å²) in [4.78, 5) is 15.2. The molecular formula is C12H16FN3O2. The zero-order chi connectivity index (χ0) is 13.0. The number of carbonyl (C=O) groups excluding carboxylic acids is 1. The first-order valence-electron chi connectivity index (χ1n) is 6.00. The normalized spacial score (nSPS) is 23.4. The molecule has 1 saturated carbocycles. The maximum Gasteiger partial charge on any atom is 0.319 e. The molecule has 1 aliphatic carbocycles. The molecule has 1 fully saturated rings. The fourth-order valence-corrected chi connectivity index (χ4v) is 2.04. The van der Waals surface area contributed by atoms with E-state index in [0.717, 1.165) is 19.0 Å². The van der Waals surface area contributed by atoms with Crippen LogP contribution in [0.25, 0.3) is 0 Å². The molecule has 1 aromatic rings. The van der Waals surface area contributed by atoms with E-state index in [4.69, 9.17) is 0 Å². The fourth-order valence-electron chi connectivity index (χ4n) is 2.04. The third-order valence-corrected chi connectivity index (χ3v) is 3.05. The summed E-state index contributed by atoms with van der Waals surface area (Å²) < 4.78 is 13.2. The molecular weight excluding hydrogens is 237 g/mol. The van der Waals surface area contributed by atoms with Crippen LogP contribution in [0.15, 0.2) is 18.5 Å². The number of rotatable bonds is 2. The van der Waals surface area contributed by atoms with Gasteiger partial charge >= 0.3 is 6.03 Å². The molecule has 1 aliphatic rings. The number of aliphatic hydroxyl groups is 1. The highest BCUT2D eigenvalue weighted by Gasteiger charge is 2.20. The van der Waals surface area contributed by atoms with Gasteiger partial charge in [-0.05, 0) is 31.7 Å². The SMILES string of the molecule is O=C(Nc1ccncc1F)NC1CCC(O)CC1. The van der Waals surface area contributed by atoms with E-state index in [1.165, 1.54) is 12.3 Å². The summed E-state index contributed by atoms with van der Waals surface area (Å²) in [6, 6.07) is 1.01. The number of anilines is 1. The molecule has 1 aromatic heterocycles. The molecule has 0 saturated heterocycles. The van der Waals surface area contributed by atoms with E-state index >= 15 is 0 Å².